The summed E-state index contributed by atoms with van der Waals surface area (Å²) in [7, 11) is 0. The highest BCUT2D eigenvalue weighted by molar-refractivity contribution is 5.95. The van der Waals surface area contributed by atoms with Crippen LogP contribution in [0.2, 0.25) is 0 Å². The van der Waals surface area contributed by atoms with Crippen LogP contribution in [0.1, 0.15) is 27.3 Å². The Balaban J connectivity index is 2.29. The number of benzene rings is 1. The lowest BCUT2D eigenvalue weighted by molar-refractivity contribution is 0.0721. The van der Waals surface area contributed by atoms with Crippen LogP contribution >= 0.6 is 0 Å². The average Bonchev–Trinajstić information content (AvgIpc) is 2.97. The zero-order chi connectivity index (χ0) is 16.1. The van der Waals surface area contributed by atoms with E-state index in [4.69, 9.17) is 5.41 Å². The molecule has 1 aromatic carbocycles. The van der Waals surface area contributed by atoms with E-state index in [-0.39, 0.29) is 29.1 Å². The van der Waals surface area contributed by atoms with Gasteiger partial charge in [0.1, 0.15) is 11.5 Å². The normalized spacial score (nSPS) is 10.0. The Kier molecular flexibility index (Phi) is 4.52. The van der Waals surface area contributed by atoms with Crippen molar-refractivity contribution in [2.24, 2.45) is 0 Å². The number of rotatable bonds is 6. The van der Waals surface area contributed by atoms with Gasteiger partial charge >= 0.3 is 5.97 Å². The van der Waals surface area contributed by atoms with E-state index >= 15 is 0 Å². The molecule has 2 aromatic rings. The van der Waals surface area contributed by atoms with Gasteiger partial charge in [-0.05, 0) is 12.1 Å². The van der Waals surface area contributed by atoms with Gasteiger partial charge in [-0.15, -0.1) is 11.7 Å². The van der Waals surface area contributed by atoms with Crippen molar-refractivity contribution in [3.8, 4) is 5.69 Å². The molecule has 1 N–H and O–H groups in total. The Labute approximate surface area is 124 Å². The molecule has 7 nitrogen and oxygen atoms in total. The number of hydrogen-bond acceptors (Lipinski definition) is 6. The van der Waals surface area contributed by atoms with Gasteiger partial charge in [-0.2, -0.15) is 9.90 Å². The maximum atomic E-state index is 13.9. The summed E-state index contributed by atoms with van der Waals surface area (Å²) in [5.41, 5.74) is 0.0523. The smallest absolute Gasteiger partial charge is 0.347 e. The van der Waals surface area contributed by atoms with Gasteiger partial charge in [-0.1, -0.05) is 6.08 Å². The number of nitrogens with one attached hydrogen (secondary N) is 1. The van der Waals surface area contributed by atoms with Crippen LogP contribution in [0.15, 0.2) is 37.1 Å². The molecule has 0 aliphatic carbocycles. The first kappa shape index (κ1) is 15.2. The molecule has 0 fully saturated rings. The maximum absolute atomic E-state index is 13.9. The number of allylic oxidation sites excluding steroid dienone is 1. The van der Waals surface area contributed by atoms with Crippen molar-refractivity contribution in [2.75, 3.05) is 0 Å². The van der Waals surface area contributed by atoms with Crippen molar-refractivity contribution in [1.82, 2.24) is 15.0 Å². The van der Waals surface area contributed by atoms with Crippen molar-refractivity contribution in [2.45, 2.75) is 6.42 Å². The third kappa shape index (κ3) is 3.11. The van der Waals surface area contributed by atoms with Gasteiger partial charge in [0.05, 0.1) is 17.4 Å². The second-order valence-corrected chi connectivity index (χ2v) is 4.12. The quantitative estimate of drug-likeness (QED) is 0.289. The summed E-state index contributed by atoms with van der Waals surface area (Å²) in [6.45, 7) is 3.46. The summed E-state index contributed by atoms with van der Waals surface area (Å²) in [5.74, 6) is -2.08. The summed E-state index contributed by atoms with van der Waals surface area (Å²) in [6, 6.07) is 3.61. The molecular weight excluding hydrogens is 291 g/mol. The second-order valence-electron chi connectivity index (χ2n) is 4.12. The summed E-state index contributed by atoms with van der Waals surface area (Å²) < 4.78 is 18.2. The van der Waals surface area contributed by atoms with E-state index < -0.39 is 11.8 Å². The van der Waals surface area contributed by atoms with Gasteiger partial charge < -0.3 is 4.74 Å². The van der Waals surface area contributed by atoms with E-state index in [0.29, 0.717) is 6.40 Å². The first-order valence-electron chi connectivity index (χ1n) is 6.13. The number of hydrogen-bond donors (Lipinski definition) is 1. The Bertz CT molecular complexity index is 754. The van der Waals surface area contributed by atoms with Crippen LogP contribution in [0.4, 0.5) is 4.39 Å². The van der Waals surface area contributed by atoms with Gasteiger partial charge in [0, 0.05) is 12.5 Å². The predicted molar refractivity (Wildman–Crippen MR) is 74.7 cm³/mol. The molecule has 0 atom stereocenters. The zero-order valence-electron chi connectivity index (χ0n) is 11.3. The molecule has 2 rings (SSSR count). The Hall–Kier alpha value is -3.16. The number of carbonyl (C=O) groups is 2. The van der Waals surface area contributed by atoms with Crippen LogP contribution < -0.4 is 0 Å². The van der Waals surface area contributed by atoms with Gasteiger partial charge in [-0.3, -0.25) is 10.2 Å². The molecule has 0 aliphatic rings. The third-order valence-corrected chi connectivity index (χ3v) is 2.68. The summed E-state index contributed by atoms with van der Waals surface area (Å²) >= 11 is 0. The van der Waals surface area contributed by atoms with Crippen LogP contribution in [-0.4, -0.2) is 33.1 Å². The number of halogens is 1. The lowest BCUT2D eigenvalue weighted by atomic mass is 10.2. The van der Waals surface area contributed by atoms with Crippen LogP contribution in [0.5, 0.6) is 0 Å². The Morgan fingerprint density at radius 3 is 2.86 bits per heavy atom. The van der Waals surface area contributed by atoms with Crippen molar-refractivity contribution >= 4 is 18.2 Å². The van der Waals surface area contributed by atoms with Crippen LogP contribution in [-0.2, 0) is 4.74 Å². The molecule has 0 saturated heterocycles. The maximum Gasteiger partial charge on any atom is 0.347 e. The van der Waals surface area contributed by atoms with Gasteiger partial charge in [0.25, 0.3) is 0 Å². The van der Waals surface area contributed by atoms with E-state index in [9.17, 15) is 14.0 Å². The molecule has 0 bridgehead atoms. The van der Waals surface area contributed by atoms with Crippen molar-refractivity contribution in [3.05, 3.63) is 54.1 Å². The highest BCUT2D eigenvalue weighted by atomic mass is 19.1. The average molecular weight is 302 g/mol. The number of ether oxygens (including phenoxy) is 1. The first-order chi connectivity index (χ1) is 10.6. The number of Topliss-reactive ketones (excluding diaryl/α,β-unsaturated/α-hetero) is 1. The standard InChI is InChI=1S/C14H11FN4O3/c1-2-3-13(20)12-7-17-19(18-12)9-4-5-10(11(15)6-9)14(21)22-8-16/h2,4-8,16H,1,3H2. The van der Waals surface area contributed by atoms with Crippen LogP contribution in [0.25, 0.3) is 5.69 Å². The number of esters is 1. The SMILES string of the molecule is C=CCC(=O)c1cnn(-c2ccc(C(=O)OC=N)c(F)c2)n1. The minimum Gasteiger partial charge on any atom is -0.411 e. The van der Waals surface area contributed by atoms with E-state index in [2.05, 4.69) is 21.5 Å². The predicted octanol–water partition coefficient (Wildman–Crippen LogP) is 1.93. The molecule has 8 heteroatoms. The fourth-order valence-corrected chi connectivity index (χ4v) is 1.66. The molecule has 0 aliphatic heterocycles. The van der Waals surface area contributed by atoms with Gasteiger partial charge in [-0.25, -0.2) is 9.18 Å². The van der Waals surface area contributed by atoms with Crippen molar-refractivity contribution in [1.29, 1.82) is 5.41 Å². The minimum atomic E-state index is -0.977. The van der Waals surface area contributed by atoms with E-state index in [1.807, 2.05) is 0 Å². The number of carbonyl (C=O) groups excluding carboxylic acids is 2. The third-order valence-electron chi connectivity index (χ3n) is 2.68. The number of ketones is 1. The molecule has 112 valence electrons. The topological polar surface area (TPSA) is 97.9 Å². The molecule has 22 heavy (non-hydrogen) atoms. The summed E-state index contributed by atoms with van der Waals surface area (Å²) in [4.78, 5) is 24.1. The summed E-state index contributed by atoms with van der Waals surface area (Å²) in [6.07, 6.45) is 3.26. The summed E-state index contributed by atoms with van der Waals surface area (Å²) in [5, 5.41) is 14.5. The number of aromatic nitrogens is 3. The first-order valence-corrected chi connectivity index (χ1v) is 6.13. The monoisotopic (exact) mass is 302 g/mol. The number of nitrogens with zero attached hydrogens (tertiary/aromatic N) is 3. The van der Waals surface area contributed by atoms with Crippen molar-refractivity contribution < 1.29 is 18.7 Å². The molecule has 1 heterocycles. The van der Waals surface area contributed by atoms with E-state index in [0.717, 1.165) is 10.9 Å². The molecule has 1 aromatic heterocycles. The van der Waals surface area contributed by atoms with Crippen molar-refractivity contribution in [3.63, 3.8) is 0 Å². The fourth-order valence-electron chi connectivity index (χ4n) is 1.66. The van der Waals surface area contributed by atoms with E-state index in [1.165, 1.54) is 24.4 Å². The highest BCUT2D eigenvalue weighted by Crippen LogP contribution is 2.14. The van der Waals surface area contributed by atoms with Gasteiger partial charge in [0.2, 0.25) is 0 Å². The zero-order valence-corrected chi connectivity index (χ0v) is 11.3. The highest BCUT2D eigenvalue weighted by Gasteiger charge is 2.15. The molecular formula is C14H11FN4O3. The fraction of sp³-hybridized carbons (Fsp3) is 0.0714. The Morgan fingerprint density at radius 2 is 2.23 bits per heavy atom. The Morgan fingerprint density at radius 1 is 1.45 bits per heavy atom. The molecule has 0 spiro atoms. The van der Waals surface area contributed by atoms with Crippen LogP contribution in [0.3, 0.4) is 0 Å². The molecule has 0 radical (unpaired) electrons. The molecule has 0 saturated carbocycles. The van der Waals surface area contributed by atoms with Crippen LogP contribution in [0, 0.1) is 11.2 Å². The molecule has 0 unspecified atom stereocenters. The minimum absolute atomic E-state index is 0.126. The molecule has 0 amide bonds. The van der Waals surface area contributed by atoms with Gasteiger partial charge in [0.15, 0.2) is 12.2 Å². The lowest BCUT2D eigenvalue weighted by Crippen LogP contribution is -2.08. The van der Waals surface area contributed by atoms with E-state index in [1.54, 1.807) is 0 Å². The largest absolute Gasteiger partial charge is 0.411 e. The second kappa shape index (κ2) is 6.53. The lowest BCUT2D eigenvalue weighted by Gasteiger charge is -2.03.